The van der Waals surface area contributed by atoms with Crippen LogP contribution >= 0.6 is 11.3 Å². The Morgan fingerprint density at radius 1 is 1.00 bits per heavy atom. The van der Waals surface area contributed by atoms with Crippen molar-refractivity contribution in [1.82, 2.24) is 9.88 Å². The molecule has 5 nitrogen and oxygen atoms in total. The lowest BCUT2D eigenvalue weighted by molar-refractivity contribution is -0.00835. The third-order valence-corrected chi connectivity index (χ3v) is 5.71. The molecular formula is C21H18N4OS. The molecule has 0 aliphatic carbocycles. The van der Waals surface area contributed by atoms with E-state index in [1.165, 1.54) is 0 Å². The highest BCUT2D eigenvalue weighted by atomic mass is 32.1. The maximum absolute atomic E-state index is 9.82. The van der Waals surface area contributed by atoms with Crippen LogP contribution in [-0.4, -0.2) is 46.1 Å². The van der Waals surface area contributed by atoms with Gasteiger partial charge in [-0.25, -0.2) is 15.0 Å². The molecule has 1 N–H and O–H groups in total. The van der Waals surface area contributed by atoms with Crippen molar-refractivity contribution in [3.05, 3.63) is 87.3 Å². The fourth-order valence-corrected chi connectivity index (χ4v) is 4.20. The van der Waals surface area contributed by atoms with Crippen molar-refractivity contribution in [2.75, 3.05) is 13.1 Å². The third-order valence-electron chi connectivity index (χ3n) is 4.82. The number of benzene rings is 1. The number of thiophene rings is 1. The fourth-order valence-electron chi connectivity index (χ4n) is 3.46. The highest BCUT2D eigenvalue weighted by Crippen LogP contribution is 2.24. The molecular weight excluding hydrogens is 356 g/mol. The SMILES string of the molecule is OC1CN(C2N=c3ncccc3=C(c3ccccc3)N=C2c2cccs2)C1. The molecule has 0 spiro atoms. The van der Waals surface area contributed by atoms with Crippen LogP contribution in [0.3, 0.4) is 0 Å². The first-order valence-electron chi connectivity index (χ1n) is 8.93. The van der Waals surface area contributed by atoms with E-state index in [-0.39, 0.29) is 12.3 Å². The van der Waals surface area contributed by atoms with E-state index in [1.807, 2.05) is 36.4 Å². The van der Waals surface area contributed by atoms with Crippen LogP contribution in [-0.2, 0) is 0 Å². The number of pyridine rings is 1. The molecule has 134 valence electrons. The molecule has 0 amide bonds. The number of aliphatic hydroxyl groups excluding tert-OH is 1. The van der Waals surface area contributed by atoms with Crippen molar-refractivity contribution in [2.45, 2.75) is 12.3 Å². The van der Waals surface area contributed by atoms with Crippen molar-refractivity contribution >= 4 is 22.7 Å². The zero-order valence-corrected chi connectivity index (χ0v) is 15.4. The Hall–Kier alpha value is -2.67. The number of β-amino-alcohol motifs (C(OH)–C–C–N with tert-alkyl or cyclic N) is 1. The van der Waals surface area contributed by atoms with E-state index in [9.17, 15) is 5.11 Å². The molecule has 1 unspecified atom stereocenters. The van der Waals surface area contributed by atoms with E-state index in [0.717, 1.165) is 27.1 Å². The normalized spacial score (nSPS) is 20.3. The zero-order chi connectivity index (χ0) is 18.2. The van der Waals surface area contributed by atoms with Gasteiger partial charge in [0.15, 0.2) is 5.49 Å². The van der Waals surface area contributed by atoms with E-state index in [4.69, 9.17) is 9.98 Å². The van der Waals surface area contributed by atoms with Gasteiger partial charge in [0, 0.05) is 30.1 Å². The molecule has 2 aliphatic heterocycles. The van der Waals surface area contributed by atoms with Crippen LogP contribution in [0.25, 0.3) is 5.70 Å². The van der Waals surface area contributed by atoms with Crippen molar-refractivity contribution in [3.8, 4) is 0 Å². The average molecular weight is 374 g/mol. The van der Waals surface area contributed by atoms with Gasteiger partial charge >= 0.3 is 0 Å². The van der Waals surface area contributed by atoms with Gasteiger partial charge in [-0.05, 0) is 23.6 Å². The molecule has 1 saturated heterocycles. The second-order valence-corrected chi connectivity index (χ2v) is 7.62. The van der Waals surface area contributed by atoms with Crippen molar-refractivity contribution in [2.24, 2.45) is 9.98 Å². The van der Waals surface area contributed by atoms with Crippen molar-refractivity contribution in [1.29, 1.82) is 0 Å². The molecule has 0 bridgehead atoms. The first-order chi connectivity index (χ1) is 13.3. The summed E-state index contributed by atoms with van der Waals surface area (Å²) < 4.78 is 0. The maximum atomic E-state index is 9.82. The van der Waals surface area contributed by atoms with Gasteiger partial charge in [-0.15, -0.1) is 11.3 Å². The monoisotopic (exact) mass is 374 g/mol. The van der Waals surface area contributed by atoms with Gasteiger partial charge in [-0.3, -0.25) is 4.90 Å². The van der Waals surface area contributed by atoms with E-state index in [0.29, 0.717) is 18.6 Å². The van der Waals surface area contributed by atoms with Crippen LogP contribution in [0, 0.1) is 0 Å². The van der Waals surface area contributed by atoms with E-state index in [1.54, 1.807) is 17.5 Å². The molecule has 1 atom stereocenters. The standard InChI is InChI=1S/C21H18N4OS/c26-15-12-25(13-15)21-19(17-9-5-11-27-17)23-18(14-6-2-1-3-7-14)16-8-4-10-22-20(16)24-21/h1-11,15,21,26H,12-13H2. The molecule has 0 radical (unpaired) electrons. The second-order valence-electron chi connectivity index (χ2n) is 6.67. The van der Waals surface area contributed by atoms with Gasteiger partial charge in [-0.2, -0.15) is 0 Å². The number of aromatic nitrogens is 1. The maximum Gasteiger partial charge on any atom is 0.158 e. The third kappa shape index (κ3) is 3.02. The lowest BCUT2D eigenvalue weighted by Crippen LogP contribution is -2.57. The number of hydrogen-bond donors (Lipinski definition) is 1. The summed E-state index contributed by atoms with van der Waals surface area (Å²) in [5.41, 5.74) is 3.53. The Labute approximate surface area is 160 Å². The average Bonchev–Trinajstić information content (AvgIpc) is 3.15. The van der Waals surface area contributed by atoms with E-state index < -0.39 is 0 Å². The minimum Gasteiger partial charge on any atom is -0.390 e. The van der Waals surface area contributed by atoms with Gasteiger partial charge in [0.1, 0.15) is 6.17 Å². The van der Waals surface area contributed by atoms with Crippen LogP contribution in [0.5, 0.6) is 0 Å². The number of hydrogen-bond acceptors (Lipinski definition) is 6. The first kappa shape index (κ1) is 16.5. The summed E-state index contributed by atoms with van der Waals surface area (Å²) in [6.45, 7) is 1.20. The van der Waals surface area contributed by atoms with Gasteiger partial charge in [-0.1, -0.05) is 36.4 Å². The smallest absolute Gasteiger partial charge is 0.158 e. The molecule has 1 aromatic carbocycles. The lowest BCUT2D eigenvalue weighted by Gasteiger charge is -2.39. The van der Waals surface area contributed by atoms with Crippen molar-refractivity contribution in [3.63, 3.8) is 0 Å². The van der Waals surface area contributed by atoms with Crippen LogP contribution < -0.4 is 10.7 Å². The van der Waals surface area contributed by atoms with Crippen LogP contribution in [0.15, 0.2) is 76.2 Å². The molecule has 6 heteroatoms. The van der Waals surface area contributed by atoms with Crippen LogP contribution in [0.4, 0.5) is 0 Å². The Morgan fingerprint density at radius 3 is 2.59 bits per heavy atom. The van der Waals surface area contributed by atoms with Gasteiger partial charge < -0.3 is 5.11 Å². The Morgan fingerprint density at radius 2 is 1.85 bits per heavy atom. The highest BCUT2D eigenvalue weighted by Gasteiger charge is 2.35. The second kappa shape index (κ2) is 6.81. The summed E-state index contributed by atoms with van der Waals surface area (Å²) in [4.78, 5) is 17.9. The molecule has 1 fully saturated rings. The fraction of sp³-hybridized carbons (Fsp3) is 0.190. The number of fused-ring (bicyclic) bond motifs is 1. The molecule has 27 heavy (non-hydrogen) atoms. The summed E-state index contributed by atoms with van der Waals surface area (Å²) in [5.74, 6) is 0. The minimum absolute atomic E-state index is 0.248. The van der Waals surface area contributed by atoms with Crippen LogP contribution in [0.1, 0.15) is 10.4 Å². The number of likely N-dealkylation sites (tertiary alicyclic amines) is 1. The topological polar surface area (TPSA) is 61.1 Å². The number of nitrogens with zero attached hydrogens (tertiary/aromatic N) is 4. The highest BCUT2D eigenvalue weighted by molar-refractivity contribution is 7.12. The molecule has 0 saturated carbocycles. The molecule has 4 heterocycles. The summed E-state index contributed by atoms with van der Waals surface area (Å²) in [6.07, 6.45) is 1.22. The Bertz CT molecular complexity index is 1100. The largest absolute Gasteiger partial charge is 0.390 e. The van der Waals surface area contributed by atoms with Gasteiger partial charge in [0.05, 0.1) is 22.4 Å². The molecule has 2 aromatic heterocycles. The first-order valence-corrected chi connectivity index (χ1v) is 9.81. The Balaban J connectivity index is 1.77. The molecule has 5 rings (SSSR count). The quantitative estimate of drug-likeness (QED) is 0.754. The minimum atomic E-state index is -0.297. The van der Waals surface area contributed by atoms with Gasteiger partial charge in [0.2, 0.25) is 0 Å². The predicted molar refractivity (Wildman–Crippen MR) is 106 cm³/mol. The number of aliphatic hydroxyl groups is 1. The van der Waals surface area contributed by atoms with Crippen LogP contribution in [0.2, 0.25) is 0 Å². The summed E-state index contributed by atoms with van der Waals surface area (Å²) >= 11 is 1.66. The lowest BCUT2D eigenvalue weighted by atomic mass is 10.1. The van der Waals surface area contributed by atoms with E-state index >= 15 is 0 Å². The number of aliphatic imine (C=N–C) groups is 1. The van der Waals surface area contributed by atoms with E-state index in [2.05, 4.69) is 33.5 Å². The van der Waals surface area contributed by atoms with Crippen molar-refractivity contribution < 1.29 is 5.11 Å². The summed E-state index contributed by atoms with van der Waals surface area (Å²) in [5, 5.41) is 12.8. The predicted octanol–water partition coefficient (Wildman–Crippen LogP) is 1.42. The zero-order valence-electron chi connectivity index (χ0n) is 14.6. The molecule has 2 aliphatic rings. The summed E-state index contributed by atoms with van der Waals surface area (Å²) in [7, 11) is 0. The Kier molecular flexibility index (Phi) is 4.16. The number of rotatable bonds is 3. The molecule has 3 aromatic rings. The van der Waals surface area contributed by atoms with Gasteiger partial charge in [0.25, 0.3) is 0 Å². The summed E-state index contributed by atoms with van der Waals surface area (Å²) in [6, 6.07) is 18.2.